The Labute approximate surface area is 73.9 Å². The maximum Gasteiger partial charge on any atom is 0.411 e. The van der Waals surface area contributed by atoms with Crippen LogP contribution in [0, 0.1) is 0 Å². The summed E-state index contributed by atoms with van der Waals surface area (Å²) in [5.41, 5.74) is -0.344. The molecule has 0 saturated heterocycles. The number of carbonyl (C=O) groups excluding carboxylic acids is 1. The highest BCUT2D eigenvalue weighted by molar-refractivity contribution is 5.84. The number of H-pyrrole nitrogens is 1. The zero-order valence-corrected chi connectivity index (χ0v) is 7.03. The largest absolute Gasteiger partial charge is 0.450 e. The molecular weight excluding hydrogens is 174 g/mol. The van der Waals surface area contributed by atoms with Crippen molar-refractivity contribution >= 4 is 11.8 Å². The van der Waals surface area contributed by atoms with Crippen molar-refractivity contribution in [2.24, 2.45) is 0 Å². The lowest BCUT2D eigenvalue weighted by Gasteiger charge is -2.02. The van der Waals surface area contributed by atoms with Gasteiger partial charge in [-0.15, -0.1) is 0 Å². The predicted octanol–water partition coefficient (Wildman–Crippen LogP) is 0.338. The zero-order chi connectivity index (χ0) is 9.68. The summed E-state index contributed by atoms with van der Waals surface area (Å²) in [6.45, 7) is 1.94. The molecule has 1 aromatic heterocycles. The van der Waals surface area contributed by atoms with Crippen LogP contribution in [0.1, 0.15) is 6.92 Å². The van der Waals surface area contributed by atoms with E-state index in [9.17, 15) is 9.59 Å². The molecule has 0 spiro atoms. The van der Waals surface area contributed by atoms with Crippen molar-refractivity contribution in [1.29, 1.82) is 0 Å². The summed E-state index contributed by atoms with van der Waals surface area (Å²) >= 11 is 0. The molecule has 0 aromatic carbocycles. The Bertz CT molecular complexity index is 347. The van der Waals surface area contributed by atoms with E-state index in [0.29, 0.717) is 0 Å². The van der Waals surface area contributed by atoms with Gasteiger partial charge in [-0.3, -0.25) is 10.1 Å². The van der Waals surface area contributed by atoms with E-state index in [0.717, 1.165) is 0 Å². The number of hydrogen-bond acceptors (Lipinski definition) is 4. The van der Waals surface area contributed by atoms with Crippen LogP contribution in [0.5, 0.6) is 0 Å². The van der Waals surface area contributed by atoms with Crippen molar-refractivity contribution in [3.05, 3.63) is 22.6 Å². The van der Waals surface area contributed by atoms with E-state index in [4.69, 9.17) is 0 Å². The number of hydrogen-bond donors (Lipinski definition) is 2. The zero-order valence-electron chi connectivity index (χ0n) is 7.03. The fraction of sp³-hybridized carbons (Fsp3) is 0.286. The van der Waals surface area contributed by atoms with Gasteiger partial charge in [0.15, 0.2) is 0 Å². The Morgan fingerprint density at radius 2 is 2.54 bits per heavy atom. The molecule has 70 valence electrons. The number of ether oxygens (including phenoxy) is 1. The average molecular weight is 183 g/mol. The summed E-state index contributed by atoms with van der Waals surface area (Å²) in [5, 5.41) is 7.91. The highest BCUT2D eigenvalue weighted by Crippen LogP contribution is 1.95. The van der Waals surface area contributed by atoms with Crippen molar-refractivity contribution in [3.8, 4) is 0 Å². The number of aromatic nitrogens is 2. The Morgan fingerprint density at radius 3 is 3.15 bits per heavy atom. The predicted molar refractivity (Wildman–Crippen MR) is 45.5 cm³/mol. The molecule has 2 N–H and O–H groups in total. The Balaban J connectivity index is 2.69. The minimum absolute atomic E-state index is 0.119. The first-order valence-electron chi connectivity index (χ1n) is 3.71. The van der Waals surface area contributed by atoms with Gasteiger partial charge in [-0.25, -0.2) is 9.89 Å². The second-order valence-corrected chi connectivity index (χ2v) is 2.14. The van der Waals surface area contributed by atoms with Crippen LogP contribution in [0.2, 0.25) is 0 Å². The van der Waals surface area contributed by atoms with Crippen LogP contribution >= 0.6 is 0 Å². The third kappa shape index (κ3) is 2.58. The lowest BCUT2D eigenvalue weighted by molar-refractivity contribution is 0.168. The number of nitrogens with zero attached hydrogens (tertiary/aromatic N) is 1. The third-order valence-electron chi connectivity index (χ3n) is 1.24. The van der Waals surface area contributed by atoms with Crippen LogP contribution in [0.25, 0.3) is 0 Å². The molecule has 0 radical (unpaired) electrons. The molecule has 0 bridgehead atoms. The molecule has 0 unspecified atom stereocenters. The van der Waals surface area contributed by atoms with E-state index in [1.807, 2.05) is 0 Å². The van der Waals surface area contributed by atoms with E-state index in [1.54, 1.807) is 6.92 Å². The molecule has 1 rings (SSSR count). The van der Waals surface area contributed by atoms with Gasteiger partial charge in [0.05, 0.1) is 6.61 Å². The fourth-order valence-electron chi connectivity index (χ4n) is 0.719. The van der Waals surface area contributed by atoms with Gasteiger partial charge in [0.25, 0.3) is 5.56 Å². The Kier molecular flexibility index (Phi) is 3.02. The molecule has 0 saturated carbocycles. The molecule has 13 heavy (non-hydrogen) atoms. The second kappa shape index (κ2) is 4.24. The summed E-state index contributed by atoms with van der Waals surface area (Å²) < 4.78 is 4.58. The van der Waals surface area contributed by atoms with Gasteiger partial charge >= 0.3 is 6.09 Å². The van der Waals surface area contributed by atoms with Crippen molar-refractivity contribution in [2.45, 2.75) is 6.92 Å². The summed E-state index contributed by atoms with van der Waals surface area (Å²) in [7, 11) is 0. The molecule has 0 aliphatic rings. The molecule has 1 amide bonds. The molecule has 1 aromatic rings. The van der Waals surface area contributed by atoms with Gasteiger partial charge < -0.3 is 4.74 Å². The molecule has 6 nitrogen and oxygen atoms in total. The number of anilines is 1. The van der Waals surface area contributed by atoms with Gasteiger partial charge in [-0.1, -0.05) is 0 Å². The monoisotopic (exact) mass is 183 g/mol. The number of amides is 1. The molecule has 0 aliphatic heterocycles. The van der Waals surface area contributed by atoms with E-state index < -0.39 is 11.7 Å². The smallest absolute Gasteiger partial charge is 0.411 e. The van der Waals surface area contributed by atoms with E-state index in [-0.39, 0.29) is 12.3 Å². The van der Waals surface area contributed by atoms with Gasteiger partial charge in [0.2, 0.25) is 0 Å². The van der Waals surface area contributed by atoms with Crippen LogP contribution in [0.3, 0.4) is 0 Å². The highest BCUT2D eigenvalue weighted by atomic mass is 16.5. The Hall–Kier alpha value is -1.85. The van der Waals surface area contributed by atoms with E-state index in [2.05, 4.69) is 20.3 Å². The van der Waals surface area contributed by atoms with Crippen LogP contribution < -0.4 is 10.9 Å². The van der Waals surface area contributed by atoms with Gasteiger partial charge in [0.1, 0.15) is 5.69 Å². The molecule has 0 atom stereocenters. The lowest BCUT2D eigenvalue weighted by Crippen LogP contribution is -2.20. The summed E-state index contributed by atoms with van der Waals surface area (Å²) in [6.07, 6.45) is 0.711. The van der Waals surface area contributed by atoms with E-state index >= 15 is 0 Å². The average Bonchev–Trinajstić information content (AvgIpc) is 2.09. The molecule has 0 aliphatic carbocycles. The first kappa shape index (κ1) is 9.24. The molecular formula is C7H9N3O3. The maximum absolute atomic E-state index is 11.0. The first-order valence-corrected chi connectivity index (χ1v) is 3.71. The Morgan fingerprint density at radius 1 is 1.77 bits per heavy atom. The van der Waals surface area contributed by atoms with Crippen LogP contribution in [0.4, 0.5) is 10.5 Å². The van der Waals surface area contributed by atoms with Gasteiger partial charge in [-0.05, 0) is 13.0 Å². The normalized spacial score (nSPS) is 9.31. The summed E-state index contributed by atoms with van der Waals surface area (Å²) in [6, 6.07) is 1.38. The van der Waals surface area contributed by atoms with Crippen LogP contribution in [0.15, 0.2) is 17.1 Å². The quantitative estimate of drug-likeness (QED) is 0.692. The standard InChI is InChI=1S/C7H9N3O3/c1-2-13-7(12)9-5-3-4-8-10-6(5)11/h3-4H,2H2,1H3,(H,10,11)(H,8,9,12). The van der Waals surface area contributed by atoms with Gasteiger partial charge in [-0.2, -0.15) is 5.10 Å². The fourth-order valence-corrected chi connectivity index (χ4v) is 0.719. The number of carbonyl (C=O) groups is 1. The molecule has 1 heterocycles. The van der Waals surface area contributed by atoms with Crippen molar-refractivity contribution < 1.29 is 9.53 Å². The molecule has 0 fully saturated rings. The topological polar surface area (TPSA) is 84.1 Å². The first-order chi connectivity index (χ1) is 6.24. The van der Waals surface area contributed by atoms with Crippen LogP contribution in [-0.4, -0.2) is 22.9 Å². The van der Waals surface area contributed by atoms with Crippen molar-refractivity contribution in [2.75, 3.05) is 11.9 Å². The van der Waals surface area contributed by atoms with E-state index in [1.165, 1.54) is 12.3 Å². The highest BCUT2D eigenvalue weighted by Gasteiger charge is 2.04. The SMILES string of the molecule is CCOC(=O)Nc1ccn[nH]c1=O. The molecule has 6 heteroatoms. The number of aromatic amines is 1. The lowest BCUT2D eigenvalue weighted by atomic mass is 10.5. The van der Waals surface area contributed by atoms with Crippen LogP contribution in [-0.2, 0) is 4.74 Å². The summed E-state index contributed by atoms with van der Waals surface area (Å²) in [4.78, 5) is 21.8. The maximum atomic E-state index is 11.0. The number of rotatable bonds is 2. The minimum atomic E-state index is -0.654. The van der Waals surface area contributed by atoms with Crippen molar-refractivity contribution in [1.82, 2.24) is 10.2 Å². The summed E-state index contributed by atoms with van der Waals surface area (Å²) in [5.74, 6) is 0. The number of nitrogens with one attached hydrogen (secondary N) is 2. The minimum Gasteiger partial charge on any atom is -0.450 e. The van der Waals surface area contributed by atoms with Crippen molar-refractivity contribution in [3.63, 3.8) is 0 Å². The third-order valence-corrected chi connectivity index (χ3v) is 1.24. The second-order valence-electron chi connectivity index (χ2n) is 2.14. The van der Waals surface area contributed by atoms with Gasteiger partial charge in [0, 0.05) is 6.20 Å².